The second-order valence-electron chi connectivity index (χ2n) is 6.27. The van der Waals surface area contributed by atoms with Crippen LogP contribution in [0.15, 0.2) is 18.2 Å². The Kier molecular flexibility index (Phi) is 6.31. The molecule has 0 unspecified atom stereocenters. The molecule has 1 saturated heterocycles. The number of hydrogen-bond acceptors (Lipinski definition) is 3. The fraction of sp³-hybridized carbons (Fsp3) is 0.706. The van der Waals surface area contributed by atoms with Gasteiger partial charge < -0.3 is 10.2 Å². The molecule has 0 aliphatic carbocycles. The smallest absolute Gasteiger partial charge is 0.128 e. The molecule has 2 heterocycles. The maximum atomic E-state index is 4.83. The molecule has 0 radical (unpaired) electrons. The number of aromatic nitrogens is 1. The SMILES string of the molecule is CC(C)CNCc1cccc(N2CCCCCCC2)n1. The Labute approximate surface area is 123 Å². The highest BCUT2D eigenvalue weighted by Crippen LogP contribution is 2.17. The molecule has 3 nitrogen and oxygen atoms in total. The van der Waals surface area contributed by atoms with E-state index in [4.69, 9.17) is 4.98 Å². The van der Waals surface area contributed by atoms with E-state index in [0.29, 0.717) is 5.92 Å². The quantitative estimate of drug-likeness (QED) is 0.890. The average molecular weight is 275 g/mol. The topological polar surface area (TPSA) is 28.2 Å². The van der Waals surface area contributed by atoms with E-state index in [2.05, 4.69) is 42.3 Å². The van der Waals surface area contributed by atoms with Gasteiger partial charge in [0.1, 0.15) is 5.82 Å². The summed E-state index contributed by atoms with van der Waals surface area (Å²) in [6.45, 7) is 8.72. The fourth-order valence-corrected chi connectivity index (χ4v) is 2.71. The third kappa shape index (κ3) is 5.12. The lowest BCUT2D eigenvalue weighted by Gasteiger charge is -2.26. The molecule has 1 N–H and O–H groups in total. The van der Waals surface area contributed by atoms with Crippen molar-refractivity contribution in [3.05, 3.63) is 23.9 Å². The van der Waals surface area contributed by atoms with Crippen molar-refractivity contribution in [2.75, 3.05) is 24.5 Å². The normalized spacial score (nSPS) is 17.1. The molecule has 1 aliphatic heterocycles. The van der Waals surface area contributed by atoms with Crippen LogP contribution >= 0.6 is 0 Å². The van der Waals surface area contributed by atoms with Gasteiger partial charge in [-0.25, -0.2) is 4.98 Å². The van der Waals surface area contributed by atoms with Gasteiger partial charge in [-0.3, -0.25) is 0 Å². The lowest BCUT2D eigenvalue weighted by atomic mass is 10.1. The van der Waals surface area contributed by atoms with E-state index >= 15 is 0 Å². The number of anilines is 1. The third-order valence-electron chi connectivity index (χ3n) is 3.83. The van der Waals surface area contributed by atoms with Crippen LogP contribution in [0.4, 0.5) is 5.82 Å². The Morgan fingerprint density at radius 2 is 1.80 bits per heavy atom. The number of rotatable bonds is 5. The first-order valence-corrected chi connectivity index (χ1v) is 8.17. The summed E-state index contributed by atoms with van der Waals surface area (Å²) in [4.78, 5) is 7.29. The van der Waals surface area contributed by atoms with Crippen LogP contribution in [0.2, 0.25) is 0 Å². The summed E-state index contributed by atoms with van der Waals surface area (Å²) in [6, 6.07) is 6.43. The Hall–Kier alpha value is -1.09. The van der Waals surface area contributed by atoms with Gasteiger partial charge >= 0.3 is 0 Å². The van der Waals surface area contributed by atoms with Crippen LogP contribution in [0.5, 0.6) is 0 Å². The maximum absolute atomic E-state index is 4.83. The summed E-state index contributed by atoms with van der Waals surface area (Å²) in [7, 11) is 0. The van der Waals surface area contributed by atoms with Gasteiger partial charge in [0.25, 0.3) is 0 Å². The molecule has 3 heteroatoms. The highest BCUT2D eigenvalue weighted by molar-refractivity contribution is 5.39. The summed E-state index contributed by atoms with van der Waals surface area (Å²) in [5.41, 5.74) is 1.16. The first-order chi connectivity index (χ1) is 9.75. The van der Waals surface area contributed by atoms with Crippen molar-refractivity contribution in [2.24, 2.45) is 5.92 Å². The molecule has 0 bridgehead atoms. The first-order valence-electron chi connectivity index (χ1n) is 8.17. The molecule has 1 aliphatic rings. The molecule has 20 heavy (non-hydrogen) atoms. The van der Waals surface area contributed by atoms with Gasteiger partial charge in [0.2, 0.25) is 0 Å². The van der Waals surface area contributed by atoms with Gasteiger partial charge in [-0.1, -0.05) is 39.2 Å². The first kappa shape index (κ1) is 15.3. The van der Waals surface area contributed by atoms with E-state index in [-0.39, 0.29) is 0 Å². The predicted octanol–water partition coefficient (Wildman–Crippen LogP) is 3.60. The number of nitrogens with zero attached hydrogens (tertiary/aromatic N) is 2. The van der Waals surface area contributed by atoms with Crippen LogP contribution < -0.4 is 10.2 Å². The molecule has 0 spiro atoms. The second-order valence-corrected chi connectivity index (χ2v) is 6.27. The monoisotopic (exact) mass is 275 g/mol. The summed E-state index contributed by atoms with van der Waals surface area (Å²) in [5, 5.41) is 3.47. The largest absolute Gasteiger partial charge is 0.357 e. The Balaban J connectivity index is 1.93. The van der Waals surface area contributed by atoms with Crippen molar-refractivity contribution in [1.29, 1.82) is 0 Å². The van der Waals surface area contributed by atoms with Crippen LogP contribution in [0, 0.1) is 5.92 Å². The van der Waals surface area contributed by atoms with Crippen LogP contribution in [0.1, 0.15) is 51.6 Å². The molecular formula is C17H29N3. The minimum Gasteiger partial charge on any atom is -0.357 e. The van der Waals surface area contributed by atoms with Crippen LogP contribution in [0.3, 0.4) is 0 Å². The Morgan fingerprint density at radius 3 is 2.50 bits per heavy atom. The molecule has 2 rings (SSSR count). The summed E-state index contributed by atoms with van der Waals surface area (Å²) in [5.74, 6) is 1.85. The number of pyridine rings is 1. The van der Waals surface area contributed by atoms with E-state index in [1.165, 1.54) is 32.1 Å². The predicted molar refractivity (Wildman–Crippen MR) is 86.1 cm³/mol. The second kappa shape index (κ2) is 8.25. The van der Waals surface area contributed by atoms with Gasteiger partial charge in [0.15, 0.2) is 0 Å². The summed E-state index contributed by atoms with van der Waals surface area (Å²) < 4.78 is 0. The standard InChI is InChI=1S/C17H29N3/c1-15(2)13-18-14-16-9-8-10-17(19-16)20-11-6-4-3-5-7-12-20/h8-10,15,18H,3-7,11-14H2,1-2H3. The molecule has 0 amide bonds. The summed E-state index contributed by atoms with van der Waals surface area (Å²) in [6.07, 6.45) is 6.74. The minimum absolute atomic E-state index is 0.688. The zero-order chi connectivity index (χ0) is 14.2. The fourth-order valence-electron chi connectivity index (χ4n) is 2.71. The van der Waals surface area contributed by atoms with Gasteiger partial charge in [0.05, 0.1) is 5.69 Å². The van der Waals surface area contributed by atoms with Crippen molar-refractivity contribution in [1.82, 2.24) is 10.3 Å². The van der Waals surface area contributed by atoms with E-state index in [1.54, 1.807) is 0 Å². The van der Waals surface area contributed by atoms with Gasteiger partial charge in [-0.05, 0) is 37.4 Å². The van der Waals surface area contributed by atoms with Crippen molar-refractivity contribution < 1.29 is 0 Å². The molecular weight excluding hydrogens is 246 g/mol. The summed E-state index contributed by atoms with van der Waals surface area (Å²) >= 11 is 0. The molecule has 1 aromatic heterocycles. The Bertz CT molecular complexity index is 382. The molecule has 0 aromatic carbocycles. The van der Waals surface area contributed by atoms with Crippen LogP contribution in [-0.2, 0) is 6.54 Å². The van der Waals surface area contributed by atoms with Crippen molar-refractivity contribution in [3.8, 4) is 0 Å². The van der Waals surface area contributed by atoms with Crippen molar-refractivity contribution in [2.45, 2.75) is 52.5 Å². The van der Waals surface area contributed by atoms with Crippen LogP contribution in [0.25, 0.3) is 0 Å². The zero-order valence-electron chi connectivity index (χ0n) is 13.1. The molecule has 1 aromatic rings. The van der Waals surface area contributed by atoms with Crippen molar-refractivity contribution in [3.63, 3.8) is 0 Å². The van der Waals surface area contributed by atoms with E-state index in [0.717, 1.165) is 37.7 Å². The van der Waals surface area contributed by atoms with Crippen molar-refractivity contribution >= 4 is 5.82 Å². The highest BCUT2D eigenvalue weighted by atomic mass is 15.2. The zero-order valence-corrected chi connectivity index (χ0v) is 13.1. The van der Waals surface area contributed by atoms with E-state index < -0.39 is 0 Å². The van der Waals surface area contributed by atoms with E-state index in [1.807, 2.05) is 0 Å². The van der Waals surface area contributed by atoms with Crippen LogP contribution in [-0.4, -0.2) is 24.6 Å². The lowest BCUT2D eigenvalue weighted by molar-refractivity contribution is 0.543. The van der Waals surface area contributed by atoms with Gasteiger partial charge in [0, 0.05) is 19.6 Å². The maximum Gasteiger partial charge on any atom is 0.128 e. The number of hydrogen-bond donors (Lipinski definition) is 1. The minimum atomic E-state index is 0.688. The average Bonchev–Trinajstić information content (AvgIpc) is 2.38. The molecule has 0 saturated carbocycles. The third-order valence-corrected chi connectivity index (χ3v) is 3.83. The Morgan fingerprint density at radius 1 is 1.10 bits per heavy atom. The van der Waals surface area contributed by atoms with Gasteiger partial charge in [-0.15, -0.1) is 0 Å². The van der Waals surface area contributed by atoms with E-state index in [9.17, 15) is 0 Å². The molecule has 112 valence electrons. The molecule has 1 fully saturated rings. The van der Waals surface area contributed by atoms with Gasteiger partial charge in [-0.2, -0.15) is 0 Å². The number of nitrogens with one attached hydrogen (secondary N) is 1. The molecule has 0 atom stereocenters. The lowest BCUT2D eigenvalue weighted by Crippen LogP contribution is -2.28. The highest BCUT2D eigenvalue weighted by Gasteiger charge is 2.10.